The normalized spacial score (nSPS) is 13.5. The van der Waals surface area contributed by atoms with Crippen LogP contribution in [0.3, 0.4) is 0 Å². The summed E-state index contributed by atoms with van der Waals surface area (Å²) in [7, 11) is 0. The molecule has 2 aromatic carbocycles. The maximum absolute atomic E-state index is 13.1. The molecule has 0 spiro atoms. The van der Waals surface area contributed by atoms with Crippen LogP contribution in [0.4, 0.5) is 5.95 Å². The summed E-state index contributed by atoms with van der Waals surface area (Å²) in [5.74, 6) is 0.656. The Morgan fingerprint density at radius 2 is 1.90 bits per heavy atom. The molecule has 0 saturated heterocycles. The average molecular weight is 403 g/mol. The van der Waals surface area contributed by atoms with Crippen LogP contribution in [0.5, 0.6) is 0 Å². The third kappa shape index (κ3) is 3.17. The highest BCUT2D eigenvalue weighted by atomic mass is 35.5. The largest absolute Gasteiger partial charge is 0.336 e. The van der Waals surface area contributed by atoms with Gasteiger partial charge in [-0.3, -0.25) is 9.36 Å². The molecule has 0 atom stereocenters. The Morgan fingerprint density at radius 3 is 2.76 bits per heavy atom. The zero-order valence-electron chi connectivity index (χ0n) is 16.0. The number of anilines is 1. The smallest absolute Gasteiger partial charge is 0.266 e. The molecule has 1 aliphatic heterocycles. The van der Waals surface area contributed by atoms with E-state index in [1.165, 1.54) is 11.1 Å². The minimum Gasteiger partial charge on any atom is -0.336 e. The number of hydrogen-bond donors (Lipinski definition) is 0. The number of pyridine rings is 1. The number of aryl methyl sites for hydroxylation is 1. The maximum atomic E-state index is 13.1. The first kappa shape index (κ1) is 17.9. The molecule has 29 heavy (non-hydrogen) atoms. The zero-order valence-corrected chi connectivity index (χ0v) is 16.7. The lowest BCUT2D eigenvalue weighted by Gasteiger charge is -2.28. The van der Waals surface area contributed by atoms with Gasteiger partial charge in [-0.15, -0.1) is 0 Å². The minimum absolute atomic E-state index is 0.150. The summed E-state index contributed by atoms with van der Waals surface area (Å²) in [5.41, 5.74) is 4.92. The van der Waals surface area contributed by atoms with Gasteiger partial charge in [-0.05, 0) is 48.2 Å². The molecule has 5 rings (SSSR count). The zero-order chi connectivity index (χ0) is 20.0. The van der Waals surface area contributed by atoms with Crippen LogP contribution < -0.4 is 10.5 Å². The van der Waals surface area contributed by atoms with Crippen molar-refractivity contribution >= 4 is 28.5 Å². The number of nitrogens with zero attached hydrogens (tertiary/aromatic N) is 4. The lowest BCUT2D eigenvalue weighted by molar-refractivity contribution is 0.710. The van der Waals surface area contributed by atoms with Gasteiger partial charge in [0.25, 0.3) is 5.56 Å². The molecule has 0 radical (unpaired) electrons. The molecule has 0 bridgehead atoms. The van der Waals surface area contributed by atoms with Crippen LogP contribution in [0.1, 0.15) is 16.7 Å². The molecule has 0 aliphatic carbocycles. The number of rotatable bonds is 2. The Hall–Kier alpha value is -3.18. The average Bonchev–Trinajstić information content (AvgIpc) is 2.75. The first-order chi connectivity index (χ1) is 14.1. The summed E-state index contributed by atoms with van der Waals surface area (Å²) < 4.78 is 1.60. The third-order valence-corrected chi connectivity index (χ3v) is 5.72. The number of hydrogen-bond acceptors (Lipinski definition) is 4. The number of halogens is 1. The topological polar surface area (TPSA) is 51.0 Å². The second kappa shape index (κ2) is 7.01. The fourth-order valence-electron chi connectivity index (χ4n) is 3.87. The van der Waals surface area contributed by atoms with E-state index in [0.29, 0.717) is 21.9 Å². The summed E-state index contributed by atoms with van der Waals surface area (Å²) in [4.78, 5) is 24.4. The van der Waals surface area contributed by atoms with Gasteiger partial charge in [-0.25, -0.2) is 9.97 Å². The molecule has 2 aromatic heterocycles. The molecule has 1 aliphatic rings. The quantitative estimate of drug-likeness (QED) is 0.501. The van der Waals surface area contributed by atoms with Crippen LogP contribution in [0.2, 0.25) is 5.02 Å². The predicted molar refractivity (Wildman–Crippen MR) is 116 cm³/mol. The van der Waals surface area contributed by atoms with Crippen LogP contribution >= 0.6 is 11.6 Å². The van der Waals surface area contributed by atoms with Gasteiger partial charge in [0.15, 0.2) is 0 Å². The van der Waals surface area contributed by atoms with E-state index < -0.39 is 0 Å². The Balaban J connectivity index is 1.54. The molecule has 3 heterocycles. The van der Waals surface area contributed by atoms with E-state index in [4.69, 9.17) is 11.6 Å². The van der Waals surface area contributed by atoms with Gasteiger partial charge >= 0.3 is 0 Å². The lowest BCUT2D eigenvalue weighted by Crippen LogP contribution is -2.32. The van der Waals surface area contributed by atoms with Crippen molar-refractivity contribution in [3.63, 3.8) is 0 Å². The fourth-order valence-corrected chi connectivity index (χ4v) is 4.04. The second-order valence-electron chi connectivity index (χ2n) is 7.33. The third-order valence-electron chi connectivity index (χ3n) is 5.48. The molecular weight excluding hydrogens is 384 g/mol. The molecule has 4 aromatic rings. The van der Waals surface area contributed by atoms with Gasteiger partial charge < -0.3 is 4.90 Å². The van der Waals surface area contributed by atoms with E-state index in [1.807, 2.05) is 25.1 Å². The molecule has 6 heteroatoms. The summed E-state index contributed by atoms with van der Waals surface area (Å²) in [6.07, 6.45) is 4.36. The monoisotopic (exact) mass is 402 g/mol. The Kier molecular flexibility index (Phi) is 4.32. The van der Waals surface area contributed by atoms with Crippen LogP contribution in [0, 0.1) is 6.92 Å². The second-order valence-corrected chi connectivity index (χ2v) is 7.77. The van der Waals surface area contributed by atoms with Crippen molar-refractivity contribution in [2.24, 2.45) is 0 Å². The molecule has 0 unspecified atom stereocenters. The standard InChI is InChI=1S/C23H19ClN4O/c1-15-6-7-18(24)12-21(15)28-11-9-20-19(22(28)29)13-25-23(26-20)27-10-8-16-4-2-3-5-17(16)14-27/h2-7,9,11-13H,8,10,14H2,1H3. The molecule has 5 nitrogen and oxygen atoms in total. The highest BCUT2D eigenvalue weighted by molar-refractivity contribution is 6.30. The maximum Gasteiger partial charge on any atom is 0.266 e. The Morgan fingerprint density at radius 1 is 1.07 bits per heavy atom. The molecular formula is C23H19ClN4O. The first-order valence-electron chi connectivity index (χ1n) is 9.57. The van der Waals surface area contributed by atoms with Gasteiger partial charge in [-0.2, -0.15) is 0 Å². The van der Waals surface area contributed by atoms with E-state index in [2.05, 4.69) is 39.1 Å². The van der Waals surface area contributed by atoms with Gasteiger partial charge in [0.1, 0.15) is 0 Å². The van der Waals surface area contributed by atoms with E-state index in [9.17, 15) is 4.79 Å². The summed E-state index contributed by atoms with van der Waals surface area (Å²) in [6.45, 7) is 3.60. The van der Waals surface area contributed by atoms with Crippen molar-refractivity contribution in [1.82, 2.24) is 14.5 Å². The van der Waals surface area contributed by atoms with E-state index in [-0.39, 0.29) is 5.56 Å². The summed E-state index contributed by atoms with van der Waals surface area (Å²) in [6, 6.07) is 15.8. The first-order valence-corrected chi connectivity index (χ1v) is 9.94. The molecule has 0 saturated carbocycles. The van der Waals surface area contributed by atoms with Crippen LogP contribution in [0.15, 0.2) is 65.7 Å². The van der Waals surface area contributed by atoms with Crippen LogP contribution in [-0.4, -0.2) is 21.1 Å². The van der Waals surface area contributed by atoms with Gasteiger partial charge in [0.05, 0.1) is 16.6 Å². The number of fused-ring (bicyclic) bond motifs is 2. The van der Waals surface area contributed by atoms with E-state index in [0.717, 1.165) is 30.8 Å². The van der Waals surface area contributed by atoms with Gasteiger partial charge in [0.2, 0.25) is 5.95 Å². The van der Waals surface area contributed by atoms with E-state index in [1.54, 1.807) is 23.0 Å². The molecule has 144 valence electrons. The van der Waals surface area contributed by atoms with Crippen molar-refractivity contribution in [2.75, 3.05) is 11.4 Å². The van der Waals surface area contributed by atoms with Crippen molar-refractivity contribution in [3.05, 3.63) is 93.0 Å². The Bertz CT molecular complexity index is 1300. The summed E-state index contributed by atoms with van der Waals surface area (Å²) in [5, 5.41) is 1.09. The van der Waals surface area contributed by atoms with Crippen molar-refractivity contribution < 1.29 is 0 Å². The summed E-state index contributed by atoms with van der Waals surface area (Å²) >= 11 is 6.13. The van der Waals surface area contributed by atoms with Crippen molar-refractivity contribution in [2.45, 2.75) is 19.9 Å². The number of aromatic nitrogens is 3. The SMILES string of the molecule is Cc1ccc(Cl)cc1-n1ccc2nc(N3CCc4ccccc4C3)ncc2c1=O. The van der Waals surface area contributed by atoms with E-state index >= 15 is 0 Å². The van der Waals surface area contributed by atoms with Crippen LogP contribution in [0.25, 0.3) is 16.6 Å². The predicted octanol–water partition coefficient (Wildman–Crippen LogP) is 4.31. The Labute approximate surface area is 173 Å². The fraction of sp³-hybridized carbons (Fsp3) is 0.174. The van der Waals surface area contributed by atoms with Crippen LogP contribution in [-0.2, 0) is 13.0 Å². The number of benzene rings is 2. The lowest BCUT2D eigenvalue weighted by atomic mass is 10.0. The van der Waals surface area contributed by atoms with Crippen molar-refractivity contribution in [3.8, 4) is 5.69 Å². The minimum atomic E-state index is -0.150. The highest BCUT2D eigenvalue weighted by Crippen LogP contribution is 2.23. The van der Waals surface area contributed by atoms with Gasteiger partial charge in [0, 0.05) is 30.5 Å². The van der Waals surface area contributed by atoms with Crippen molar-refractivity contribution in [1.29, 1.82) is 0 Å². The molecule has 0 N–H and O–H groups in total. The molecule has 0 amide bonds. The highest BCUT2D eigenvalue weighted by Gasteiger charge is 2.19. The van der Waals surface area contributed by atoms with Gasteiger partial charge in [-0.1, -0.05) is 41.9 Å². The molecule has 0 fully saturated rings.